The van der Waals surface area contributed by atoms with Crippen LogP contribution >= 0.6 is 0 Å². The number of methoxy groups -OCH3 is 1. The molecule has 2 nitrogen and oxygen atoms in total. The van der Waals surface area contributed by atoms with Crippen molar-refractivity contribution >= 4 is 5.69 Å². The molecule has 0 unspecified atom stereocenters. The highest BCUT2D eigenvalue weighted by molar-refractivity contribution is 5.47. The van der Waals surface area contributed by atoms with Gasteiger partial charge in [-0.25, -0.2) is 4.39 Å². The van der Waals surface area contributed by atoms with Crippen molar-refractivity contribution in [3.63, 3.8) is 0 Å². The lowest BCUT2D eigenvalue weighted by Gasteiger charge is -2.19. The van der Waals surface area contributed by atoms with E-state index in [1.807, 2.05) is 6.07 Å². The van der Waals surface area contributed by atoms with Crippen molar-refractivity contribution in [3.8, 4) is 5.75 Å². The number of nitrogens with one attached hydrogen (secondary N) is 1. The second-order valence-corrected chi connectivity index (χ2v) is 4.27. The molecule has 1 aromatic carbocycles. The standard InChI is InChI=1S/C14H22FNO/c1-4-6-11(7-5-2)16-12-8-9-14(17-3)13(15)10-12/h8-11,16H,4-7H2,1-3H3. The molecule has 0 aliphatic carbocycles. The van der Waals surface area contributed by atoms with Crippen molar-refractivity contribution in [1.82, 2.24) is 0 Å². The fourth-order valence-electron chi connectivity index (χ4n) is 1.98. The van der Waals surface area contributed by atoms with E-state index >= 15 is 0 Å². The van der Waals surface area contributed by atoms with Gasteiger partial charge in [0.2, 0.25) is 0 Å². The molecule has 1 rings (SSSR count). The molecule has 17 heavy (non-hydrogen) atoms. The Morgan fingerprint density at radius 3 is 2.35 bits per heavy atom. The maximum absolute atomic E-state index is 13.5. The van der Waals surface area contributed by atoms with Crippen LogP contribution in [-0.2, 0) is 0 Å². The van der Waals surface area contributed by atoms with Gasteiger partial charge in [0.25, 0.3) is 0 Å². The first-order valence-electron chi connectivity index (χ1n) is 6.31. The van der Waals surface area contributed by atoms with Crippen LogP contribution in [-0.4, -0.2) is 13.2 Å². The lowest BCUT2D eigenvalue weighted by atomic mass is 10.1. The molecule has 0 bridgehead atoms. The number of hydrogen-bond donors (Lipinski definition) is 1. The molecule has 0 fully saturated rings. The van der Waals surface area contributed by atoms with Crippen LogP contribution in [0.25, 0.3) is 0 Å². The Hall–Kier alpha value is -1.25. The van der Waals surface area contributed by atoms with Gasteiger partial charge in [0, 0.05) is 17.8 Å². The molecule has 1 aromatic rings. The van der Waals surface area contributed by atoms with E-state index in [4.69, 9.17) is 4.74 Å². The Morgan fingerprint density at radius 2 is 1.88 bits per heavy atom. The van der Waals surface area contributed by atoms with Crippen LogP contribution in [0.2, 0.25) is 0 Å². The molecule has 0 radical (unpaired) electrons. The summed E-state index contributed by atoms with van der Waals surface area (Å²) in [7, 11) is 1.47. The van der Waals surface area contributed by atoms with Gasteiger partial charge in [-0.1, -0.05) is 26.7 Å². The maximum atomic E-state index is 13.5. The summed E-state index contributed by atoms with van der Waals surface area (Å²) in [4.78, 5) is 0. The van der Waals surface area contributed by atoms with Gasteiger partial charge in [-0.3, -0.25) is 0 Å². The summed E-state index contributed by atoms with van der Waals surface area (Å²) in [6.07, 6.45) is 4.50. The van der Waals surface area contributed by atoms with Crippen LogP contribution in [0, 0.1) is 5.82 Å². The minimum atomic E-state index is -0.316. The Balaban J connectivity index is 2.68. The summed E-state index contributed by atoms with van der Waals surface area (Å²) in [5.74, 6) is -0.0256. The van der Waals surface area contributed by atoms with Crippen molar-refractivity contribution in [2.75, 3.05) is 12.4 Å². The van der Waals surface area contributed by atoms with Gasteiger partial charge < -0.3 is 10.1 Å². The van der Waals surface area contributed by atoms with Crippen molar-refractivity contribution in [1.29, 1.82) is 0 Å². The van der Waals surface area contributed by atoms with Crippen molar-refractivity contribution in [2.24, 2.45) is 0 Å². The number of anilines is 1. The highest BCUT2D eigenvalue weighted by atomic mass is 19.1. The summed E-state index contributed by atoms with van der Waals surface area (Å²) >= 11 is 0. The SMILES string of the molecule is CCCC(CCC)Nc1ccc(OC)c(F)c1. The molecule has 0 amide bonds. The van der Waals surface area contributed by atoms with Crippen LogP contribution in [0.1, 0.15) is 39.5 Å². The normalized spacial score (nSPS) is 10.6. The summed E-state index contributed by atoms with van der Waals surface area (Å²) in [5, 5.41) is 3.38. The third kappa shape index (κ3) is 4.25. The number of rotatable bonds is 7. The number of benzene rings is 1. The lowest BCUT2D eigenvalue weighted by molar-refractivity contribution is 0.386. The Bertz CT molecular complexity index is 335. The average Bonchev–Trinajstić information content (AvgIpc) is 2.30. The fraction of sp³-hybridized carbons (Fsp3) is 0.571. The summed E-state index contributed by atoms with van der Waals surface area (Å²) in [6.45, 7) is 4.33. The van der Waals surface area contributed by atoms with Crippen LogP contribution in [0.4, 0.5) is 10.1 Å². The Labute approximate surface area is 103 Å². The molecule has 0 heterocycles. The first kappa shape index (κ1) is 13.8. The van der Waals surface area contributed by atoms with E-state index in [0.717, 1.165) is 31.4 Å². The van der Waals surface area contributed by atoms with Gasteiger partial charge >= 0.3 is 0 Å². The molecule has 96 valence electrons. The van der Waals surface area contributed by atoms with Gasteiger partial charge in [0.05, 0.1) is 7.11 Å². The van der Waals surface area contributed by atoms with E-state index in [1.165, 1.54) is 13.2 Å². The van der Waals surface area contributed by atoms with Crippen LogP contribution in [0.3, 0.4) is 0 Å². The average molecular weight is 239 g/mol. The molecule has 0 aromatic heterocycles. The predicted molar refractivity (Wildman–Crippen MR) is 70.2 cm³/mol. The molecule has 0 aliphatic rings. The zero-order valence-electron chi connectivity index (χ0n) is 10.9. The van der Waals surface area contributed by atoms with Crippen LogP contribution in [0.15, 0.2) is 18.2 Å². The molecule has 0 atom stereocenters. The minimum Gasteiger partial charge on any atom is -0.494 e. The predicted octanol–water partition coefficient (Wildman–Crippen LogP) is 4.22. The third-order valence-electron chi connectivity index (χ3n) is 2.80. The van der Waals surface area contributed by atoms with Gasteiger partial charge in [0.15, 0.2) is 11.6 Å². The summed E-state index contributed by atoms with van der Waals surface area (Å²) < 4.78 is 18.4. The van der Waals surface area contributed by atoms with Gasteiger partial charge in [-0.05, 0) is 25.0 Å². The van der Waals surface area contributed by atoms with Crippen molar-refractivity contribution < 1.29 is 9.13 Å². The molecule has 0 saturated carbocycles. The minimum absolute atomic E-state index is 0.290. The zero-order valence-corrected chi connectivity index (χ0v) is 10.9. The van der Waals surface area contributed by atoms with E-state index in [-0.39, 0.29) is 11.6 Å². The smallest absolute Gasteiger partial charge is 0.167 e. The van der Waals surface area contributed by atoms with Gasteiger partial charge in [-0.2, -0.15) is 0 Å². The van der Waals surface area contributed by atoms with Gasteiger partial charge in [0.1, 0.15) is 0 Å². The van der Waals surface area contributed by atoms with Gasteiger partial charge in [-0.15, -0.1) is 0 Å². The topological polar surface area (TPSA) is 21.3 Å². The van der Waals surface area contributed by atoms with E-state index in [2.05, 4.69) is 19.2 Å². The van der Waals surface area contributed by atoms with E-state index in [9.17, 15) is 4.39 Å². The lowest BCUT2D eigenvalue weighted by Crippen LogP contribution is -2.18. The van der Waals surface area contributed by atoms with E-state index in [0.29, 0.717) is 6.04 Å². The summed E-state index contributed by atoms with van der Waals surface area (Å²) in [5.41, 5.74) is 0.829. The monoisotopic (exact) mass is 239 g/mol. The summed E-state index contributed by atoms with van der Waals surface area (Å²) in [6, 6.07) is 5.45. The highest BCUT2D eigenvalue weighted by Gasteiger charge is 2.08. The molecule has 3 heteroatoms. The Morgan fingerprint density at radius 1 is 1.24 bits per heavy atom. The quantitative estimate of drug-likeness (QED) is 0.769. The number of halogens is 1. The van der Waals surface area contributed by atoms with E-state index in [1.54, 1.807) is 6.07 Å². The Kier molecular flexibility index (Phi) is 5.81. The molecule has 0 saturated heterocycles. The fourth-order valence-corrected chi connectivity index (χ4v) is 1.98. The van der Waals surface area contributed by atoms with Crippen LogP contribution in [0.5, 0.6) is 5.75 Å². The van der Waals surface area contributed by atoms with Crippen LogP contribution < -0.4 is 10.1 Å². The number of hydrogen-bond acceptors (Lipinski definition) is 2. The van der Waals surface area contributed by atoms with Crippen molar-refractivity contribution in [2.45, 2.75) is 45.6 Å². The first-order valence-corrected chi connectivity index (χ1v) is 6.31. The maximum Gasteiger partial charge on any atom is 0.167 e. The second-order valence-electron chi connectivity index (χ2n) is 4.27. The molecular weight excluding hydrogens is 217 g/mol. The second kappa shape index (κ2) is 7.15. The number of ether oxygens (including phenoxy) is 1. The highest BCUT2D eigenvalue weighted by Crippen LogP contribution is 2.22. The first-order chi connectivity index (χ1) is 8.21. The third-order valence-corrected chi connectivity index (χ3v) is 2.80. The zero-order chi connectivity index (χ0) is 12.7. The van der Waals surface area contributed by atoms with Crippen molar-refractivity contribution in [3.05, 3.63) is 24.0 Å². The van der Waals surface area contributed by atoms with E-state index < -0.39 is 0 Å². The molecule has 1 N–H and O–H groups in total. The largest absolute Gasteiger partial charge is 0.494 e. The molecular formula is C14H22FNO. The molecule has 0 aliphatic heterocycles. The molecule has 0 spiro atoms.